The highest BCUT2D eigenvalue weighted by Crippen LogP contribution is 2.39. The zero-order chi connectivity index (χ0) is 34.8. The first-order valence-corrected chi connectivity index (χ1v) is 17.1. The van der Waals surface area contributed by atoms with Gasteiger partial charge in [0.1, 0.15) is 24.0 Å². The summed E-state index contributed by atoms with van der Waals surface area (Å²) in [6.45, 7) is 0.319. The number of nitrogens with one attached hydrogen (secondary N) is 3. The fourth-order valence-corrected chi connectivity index (χ4v) is 8.10. The lowest BCUT2D eigenvalue weighted by Crippen LogP contribution is -2.44. The lowest BCUT2D eigenvalue weighted by molar-refractivity contribution is -0.135. The molecule has 7 rings (SSSR count). The number of fused-ring (bicyclic) bond motifs is 2. The number of likely N-dealkylation sites (tertiary alicyclic amines) is 1. The maximum atomic E-state index is 15.4. The van der Waals surface area contributed by atoms with Gasteiger partial charge in [0.2, 0.25) is 11.8 Å². The van der Waals surface area contributed by atoms with Gasteiger partial charge in [0.15, 0.2) is 5.82 Å². The predicted molar refractivity (Wildman–Crippen MR) is 176 cm³/mol. The van der Waals surface area contributed by atoms with Gasteiger partial charge in [-0.3, -0.25) is 28.8 Å². The second-order valence-electron chi connectivity index (χ2n) is 12.6. The monoisotopic (exact) mass is 693 g/mol. The number of urea groups is 1. The number of rotatable bonds is 5. The molecule has 17 heteroatoms. The molecule has 49 heavy (non-hydrogen) atoms. The van der Waals surface area contributed by atoms with Crippen molar-refractivity contribution >= 4 is 67.1 Å². The molecule has 256 valence electrons. The van der Waals surface area contributed by atoms with Gasteiger partial charge in [-0.05, 0) is 78.9 Å². The molecule has 3 aromatic carbocycles. The molecule has 3 aliphatic heterocycles. The molecule has 1 aromatic heterocycles. The molecule has 5 amide bonds. The number of halogens is 1. The largest absolute Gasteiger partial charge is 0.506 e. The smallest absolute Gasteiger partial charge is 0.329 e. The van der Waals surface area contributed by atoms with Crippen molar-refractivity contribution in [1.82, 2.24) is 24.1 Å². The van der Waals surface area contributed by atoms with Crippen LogP contribution in [0.1, 0.15) is 37.3 Å². The highest BCUT2D eigenvalue weighted by Gasteiger charge is 2.38. The average molecular weight is 694 g/mol. The lowest BCUT2D eigenvalue weighted by Gasteiger charge is -2.32. The van der Waals surface area contributed by atoms with E-state index < -0.39 is 51.9 Å². The zero-order valence-corrected chi connectivity index (χ0v) is 27.0. The van der Waals surface area contributed by atoms with Gasteiger partial charge in [-0.15, -0.1) is 0 Å². The molecule has 3 aliphatic rings. The van der Waals surface area contributed by atoms with Crippen LogP contribution in [0.4, 0.5) is 20.6 Å². The number of phenols is 1. The van der Waals surface area contributed by atoms with E-state index in [2.05, 4.69) is 10.6 Å². The van der Waals surface area contributed by atoms with Gasteiger partial charge in [0.05, 0.1) is 11.0 Å². The zero-order valence-electron chi connectivity index (χ0n) is 26.2. The predicted octanol–water partition coefficient (Wildman–Crippen LogP) is 1.98. The maximum Gasteiger partial charge on any atom is 0.329 e. The van der Waals surface area contributed by atoms with Crippen molar-refractivity contribution in [2.45, 2.75) is 38.1 Å². The minimum absolute atomic E-state index is 0.00745. The van der Waals surface area contributed by atoms with Crippen molar-refractivity contribution in [3.05, 3.63) is 64.3 Å². The molecule has 1 atom stereocenters. The van der Waals surface area contributed by atoms with Gasteiger partial charge in [-0.1, -0.05) is 6.07 Å². The van der Waals surface area contributed by atoms with Gasteiger partial charge in [0.25, 0.3) is 5.91 Å². The van der Waals surface area contributed by atoms with Crippen LogP contribution in [0.2, 0.25) is 0 Å². The number of imide groups is 1. The number of aryl methyl sites for hydroxylation is 1. The third-order valence-corrected chi connectivity index (χ3v) is 10.8. The van der Waals surface area contributed by atoms with Crippen molar-refractivity contribution in [1.29, 1.82) is 0 Å². The van der Waals surface area contributed by atoms with E-state index in [-0.39, 0.29) is 47.2 Å². The number of hydrogen-bond acceptors (Lipinski definition) is 8. The van der Waals surface area contributed by atoms with E-state index in [0.717, 1.165) is 24.8 Å². The Morgan fingerprint density at radius 1 is 1.00 bits per heavy atom. The van der Waals surface area contributed by atoms with Crippen LogP contribution in [0.3, 0.4) is 0 Å². The van der Waals surface area contributed by atoms with E-state index in [9.17, 15) is 37.5 Å². The Bertz CT molecular complexity index is 2260. The minimum Gasteiger partial charge on any atom is -0.506 e. The summed E-state index contributed by atoms with van der Waals surface area (Å²) in [5.41, 5.74) is 1.72. The molecular weight excluding hydrogens is 661 g/mol. The number of nitrogens with zero attached hydrogens (tertiary/aromatic N) is 4. The Kier molecular flexibility index (Phi) is 7.80. The molecule has 3 saturated heterocycles. The molecule has 4 N–H and O–H groups in total. The SMILES string of the molecule is Cn1c(=O)n(C2CCC(=O)NC2=O)c2ccc(CC3CCN(C(=O)Nc4ccc5c(F)c(N6CC(=O)NS6(=O)=O)c(O)cc5c4)CC3)cc21. The number of aromatic hydroxyl groups is 1. The molecule has 3 fully saturated rings. The van der Waals surface area contributed by atoms with E-state index in [1.807, 2.05) is 18.2 Å². The number of imidazole rings is 1. The van der Waals surface area contributed by atoms with Crippen LogP contribution in [0, 0.1) is 11.7 Å². The fraction of sp³-hybridized carbons (Fsp3) is 0.344. The third kappa shape index (κ3) is 5.72. The first-order chi connectivity index (χ1) is 23.3. The molecular formula is C32H32FN7O8S. The number of aromatic nitrogens is 2. The third-order valence-electron chi connectivity index (χ3n) is 9.45. The second kappa shape index (κ2) is 11.9. The number of carbonyl (C=O) groups is 4. The highest BCUT2D eigenvalue weighted by molar-refractivity contribution is 7.92. The van der Waals surface area contributed by atoms with Crippen LogP contribution in [0.15, 0.2) is 47.3 Å². The van der Waals surface area contributed by atoms with Crippen molar-refractivity contribution in [3.63, 3.8) is 0 Å². The Labute approximate surface area is 278 Å². The van der Waals surface area contributed by atoms with E-state index >= 15 is 4.39 Å². The van der Waals surface area contributed by atoms with Crippen molar-refractivity contribution in [2.75, 3.05) is 29.3 Å². The molecule has 0 radical (unpaired) electrons. The number of amides is 5. The molecule has 4 aromatic rings. The summed E-state index contributed by atoms with van der Waals surface area (Å²) in [5.74, 6) is -3.10. The Hall–Kier alpha value is -5.45. The van der Waals surface area contributed by atoms with Crippen molar-refractivity contribution in [3.8, 4) is 5.75 Å². The van der Waals surface area contributed by atoms with Crippen LogP contribution < -0.4 is 25.4 Å². The molecule has 0 saturated carbocycles. The molecule has 0 bridgehead atoms. The van der Waals surface area contributed by atoms with Crippen LogP contribution in [-0.2, 0) is 38.1 Å². The van der Waals surface area contributed by atoms with Gasteiger partial charge < -0.3 is 15.3 Å². The normalized spacial score (nSPS) is 19.8. The lowest BCUT2D eigenvalue weighted by atomic mass is 9.90. The summed E-state index contributed by atoms with van der Waals surface area (Å²) < 4.78 is 45.0. The second-order valence-corrected chi connectivity index (χ2v) is 14.2. The fourth-order valence-electron chi connectivity index (χ4n) is 6.94. The number of phenolic OH excluding ortho intramolecular Hbond substituents is 1. The van der Waals surface area contributed by atoms with Gasteiger partial charge in [0, 0.05) is 37.6 Å². The standard InChI is InChI=1S/C32H32FN7O8S/c1-37-24-13-18(2-5-22(24)40(32(37)46)23-6-7-26(42)35-30(23)44)12-17-8-10-38(11-9-17)31(45)34-20-3-4-21-19(14-20)15-25(41)29(28(21)33)39-16-27(43)36-49(39,47)48/h2-5,13-15,17,23,41H,6-12,16H2,1H3,(H,34,45)(H,36,43)(H,35,42,44). The summed E-state index contributed by atoms with van der Waals surface area (Å²) in [6.07, 6.45) is 2.63. The van der Waals surface area contributed by atoms with Gasteiger partial charge in [-0.2, -0.15) is 8.42 Å². The minimum atomic E-state index is -4.34. The summed E-state index contributed by atoms with van der Waals surface area (Å²) >= 11 is 0. The van der Waals surface area contributed by atoms with Crippen LogP contribution in [0.25, 0.3) is 21.8 Å². The van der Waals surface area contributed by atoms with E-state index in [1.54, 1.807) is 16.7 Å². The van der Waals surface area contributed by atoms with E-state index in [4.69, 9.17) is 0 Å². The number of anilines is 2. The maximum absolute atomic E-state index is 15.4. The first kappa shape index (κ1) is 32.1. The Morgan fingerprint density at radius 3 is 2.45 bits per heavy atom. The first-order valence-electron chi connectivity index (χ1n) is 15.7. The van der Waals surface area contributed by atoms with Gasteiger partial charge in [-0.25, -0.2) is 23.0 Å². The quantitative estimate of drug-likeness (QED) is 0.228. The molecule has 4 heterocycles. The summed E-state index contributed by atoms with van der Waals surface area (Å²) in [6, 6.07) is 10.1. The Balaban J connectivity index is 0.996. The number of hydrogen-bond donors (Lipinski definition) is 4. The van der Waals surface area contributed by atoms with Crippen LogP contribution in [0.5, 0.6) is 5.75 Å². The molecule has 0 aliphatic carbocycles. The number of carbonyl (C=O) groups excluding carboxylic acids is 4. The summed E-state index contributed by atoms with van der Waals surface area (Å²) in [5, 5.41) is 15.8. The average Bonchev–Trinajstić information content (AvgIpc) is 3.46. The van der Waals surface area contributed by atoms with Crippen molar-refractivity contribution < 1.29 is 37.1 Å². The van der Waals surface area contributed by atoms with E-state index in [0.29, 0.717) is 34.1 Å². The van der Waals surface area contributed by atoms with E-state index in [1.165, 1.54) is 33.4 Å². The van der Waals surface area contributed by atoms with Gasteiger partial charge >= 0.3 is 21.9 Å². The number of piperidine rings is 2. The van der Waals surface area contributed by atoms with Crippen molar-refractivity contribution in [2.24, 2.45) is 13.0 Å². The molecule has 15 nitrogen and oxygen atoms in total. The highest BCUT2D eigenvalue weighted by atomic mass is 32.2. The molecule has 1 unspecified atom stereocenters. The Morgan fingerprint density at radius 2 is 1.76 bits per heavy atom. The summed E-state index contributed by atoms with van der Waals surface area (Å²) in [7, 11) is -2.69. The summed E-state index contributed by atoms with van der Waals surface area (Å²) in [4.78, 5) is 63.6. The topological polar surface area (TPSA) is 192 Å². The van der Waals surface area contributed by atoms with Crippen LogP contribution in [-0.4, -0.2) is 70.9 Å². The molecule has 0 spiro atoms. The van der Waals surface area contributed by atoms with Crippen LogP contribution >= 0.6 is 0 Å². The number of benzene rings is 3.